The number of hydrogen-bond donors (Lipinski definition) is 2. The normalized spacial score (nSPS) is 23.1. The molecule has 1 aliphatic carbocycles. The second kappa shape index (κ2) is 9.09. The third kappa shape index (κ3) is 5.84. The number of nitrogens with one attached hydrogen (secondary N) is 2. The summed E-state index contributed by atoms with van der Waals surface area (Å²) in [7, 11) is 0. The summed E-state index contributed by atoms with van der Waals surface area (Å²) in [4.78, 5) is 4.81. The van der Waals surface area contributed by atoms with Crippen molar-refractivity contribution in [2.45, 2.75) is 72.9 Å². The van der Waals surface area contributed by atoms with E-state index in [-0.39, 0.29) is 0 Å². The van der Waals surface area contributed by atoms with E-state index in [1.165, 1.54) is 31.4 Å². The molecule has 1 heterocycles. The number of aryl methyl sites for hydroxylation is 2. The quantitative estimate of drug-likeness (QED) is 0.620. The minimum Gasteiger partial charge on any atom is -0.357 e. The predicted octanol–water partition coefficient (Wildman–Crippen LogP) is 3.27. The Labute approximate surface area is 147 Å². The maximum absolute atomic E-state index is 4.81. The van der Waals surface area contributed by atoms with E-state index in [4.69, 9.17) is 4.99 Å². The molecule has 0 bridgehead atoms. The fourth-order valence-electron chi connectivity index (χ4n) is 3.38. The van der Waals surface area contributed by atoms with Gasteiger partial charge in [0.15, 0.2) is 5.96 Å². The molecular formula is C19H35N5. The van der Waals surface area contributed by atoms with Crippen molar-refractivity contribution in [1.82, 2.24) is 20.4 Å². The van der Waals surface area contributed by atoms with Crippen LogP contribution in [0.2, 0.25) is 0 Å². The van der Waals surface area contributed by atoms with Crippen molar-refractivity contribution in [1.29, 1.82) is 0 Å². The van der Waals surface area contributed by atoms with Gasteiger partial charge in [-0.2, -0.15) is 5.10 Å². The molecule has 5 nitrogen and oxygen atoms in total. The van der Waals surface area contributed by atoms with Crippen LogP contribution in [0.3, 0.4) is 0 Å². The summed E-state index contributed by atoms with van der Waals surface area (Å²) in [6.07, 6.45) is 5.16. The van der Waals surface area contributed by atoms with E-state index >= 15 is 0 Å². The van der Waals surface area contributed by atoms with Crippen molar-refractivity contribution in [2.75, 3.05) is 13.1 Å². The average molecular weight is 334 g/mol. The number of aliphatic imine (C=N–C) groups is 1. The Bertz CT molecular complexity index is 526. The van der Waals surface area contributed by atoms with Gasteiger partial charge >= 0.3 is 0 Å². The van der Waals surface area contributed by atoms with Gasteiger partial charge in [-0.25, -0.2) is 0 Å². The van der Waals surface area contributed by atoms with E-state index in [0.29, 0.717) is 12.0 Å². The zero-order chi connectivity index (χ0) is 17.5. The van der Waals surface area contributed by atoms with Gasteiger partial charge in [0.1, 0.15) is 0 Å². The van der Waals surface area contributed by atoms with E-state index in [0.717, 1.165) is 37.2 Å². The lowest BCUT2D eigenvalue weighted by Gasteiger charge is -2.28. The molecule has 2 N–H and O–H groups in total. The maximum atomic E-state index is 4.81. The molecule has 2 rings (SSSR count). The van der Waals surface area contributed by atoms with Gasteiger partial charge in [-0.15, -0.1) is 0 Å². The molecule has 1 saturated carbocycles. The Morgan fingerprint density at radius 3 is 2.62 bits per heavy atom. The van der Waals surface area contributed by atoms with Gasteiger partial charge in [0, 0.05) is 31.4 Å². The minimum atomic E-state index is 0.463. The van der Waals surface area contributed by atoms with E-state index < -0.39 is 0 Å². The fourth-order valence-corrected chi connectivity index (χ4v) is 3.38. The van der Waals surface area contributed by atoms with E-state index in [1.54, 1.807) is 0 Å². The summed E-state index contributed by atoms with van der Waals surface area (Å²) in [6, 6.07) is 2.71. The molecule has 1 unspecified atom stereocenters. The smallest absolute Gasteiger partial charge is 0.191 e. The van der Waals surface area contributed by atoms with E-state index in [2.05, 4.69) is 54.2 Å². The second-order valence-electron chi connectivity index (χ2n) is 7.54. The Morgan fingerprint density at radius 1 is 1.33 bits per heavy atom. The molecule has 1 fully saturated rings. The van der Waals surface area contributed by atoms with Crippen LogP contribution in [0.4, 0.5) is 0 Å². The summed E-state index contributed by atoms with van der Waals surface area (Å²) in [5, 5.41) is 11.6. The molecule has 0 saturated heterocycles. The van der Waals surface area contributed by atoms with Crippen LogP contribution in [0.1, 0.15) is 57.8 Å². The van der Waals surface area contributed by atoms with Crippen LogP contribution in [-0.4, -0.2) is 34.9 Å². The van der Waals surface area contributed by atoms with Gasteiger partial charge < -0.3 is 10.6 Å². The molecule has 1 aromatic rings. The van der Waals surface area contributed by atoms with Gasteiger partial charge in [-0.3, -0.25) is 9.67 Å². The molecule has 136 valence electrons. The first kappa shape index (κ1) is 18.8. The molecule has 0 aromatic carbocycles. The van der Waals surface area contributed by atoms with Crippen molar-refractivity contribution in [2.24, 2.45) is 16.8 Å². The largest absolute Gasteiger partial charge is 0.357 e. The number of nitrogens with zero attached hydrogens (tertiary/aromatic N) is 3. The monoisotopic (exact) mass is 333 g/mol. The molecule has 1 aromatic heterocycles. The zero-order valence-corrected chi connectivity index (χ0v) is 16.1. The van der Waals surface area contributed by atoms with Crippen molar-refractivity contribution >= 4 is 5.96 Å². The number of guanidine groups is 1. The number of aromatic nitrogens is 2. The lowest BCUT2D eigenvalue weighted by atomic mass is 9.87. The van der Waals surface area contributed by atoms with Crippen LogP contribution in [-0.2, 0) is 6.54 Å². The lowest BCUT2D eigenvalue weighted by molar-refractivity contribution is 0.329. The topological polar surface area (TPSA) is 54.2 Å². The first-order valence-electron chi connectivity index (χ1n) is 9.53. The number of hydrogen-bond acceptors (Lipinski definition) is 2. The van der Waals surface area contributed by atoms with E-state index in [9.17, 15) is 0 Å². The SMILES string of the molecule is CCNC(=NCC(C)Cn1nc(C)cc1C)NC1CCC(C)CC1. The molecular weight excluding hydrogens is 298 g/mol. The third-order valence-electron chi connectivity index (χ3n) is 4.85. The first-order chi connectivity index (χ1) is 11.5. The van der Waals surface area contributed by atoms with Crippen molar-refractivity contribution in [3.8, 4) is 0 Å². The first-order valence-corrected chi connectivity index (χ1v) is 9.53. The Hall–Kier alpha value is -1.52. The average Bonchev–Trinajstić information content (AvgIpc) is 2.85. The van der Waals surface area contributed by atoms with Gasteiger partial charge in [0.05, 0.1) is 5.69 Å². The Balaban J connectivity index is 1.86. The highest BCUT2D eigenvalue weighted by molar-refractivity contribution is 5.80. The summed E-state index contributed by atoms with van der Waals surface area (Å²) >= 11 is 0. The van der Waals surface area contributed by atoms with Crippen LogP contribution in [0.15, 0.2) is 11.1 Å². The summed E-state index contributed by atoms with van der Waals surface area (Å²) < 4.78 is 2.10. The highest BCUT2D eigenvalue weighted by Crippen LogP contribution is 2.23. The Morgan fingerprint density at radius 2 is 2.04 bits per heavy atom. The van der Waals surface area contributed by atoms with Crippen LogP contribution >= 0.6 is 0 Å². The van der Waals surface area contributed by atoms with E-state index in [1.807, 2.05) is 6.92 Å². The van der Waals surface area contributed by atoms with Crippen LogP contribution in [0.25, 0.3) is 0 Å². The molecule has 0 amide bonds. The molecule has 24 heavy (non-hydrogen) atoms. The van der Waals surface area contributed by atoms with Gasteiger partial charge in [-0.1, -0.05) is 13.8 Å². The highest BCUT2D eigenvalue weighted by atomic mass is 15.3. The molecule has 1 aliphatic rings. The fraction of sp³-hybridized carbons (Fsp3) is 0.789. The maximum Gasteiger partial charge on any atom is 0.191 e. The summed E-state index contributed by atoms with van der Waals surface area (Å²) in [5.74, 6) is 2.31. The standard InChI is InChI=1S/C19H35N5/c1-6-20-19(22-18-9-7-14(2)8-10-18)21-12-15(3)13-24-17(5)11-16(4)23-24/h11,14-15,18H,6-10,12-13H2,1-5H3,(H2,20,21,22). The van der Waals surface area contributed by atoms with Crippen molar-refractivity contribution in [3.05, 3.63) is 17.5 Å². The van der Waals surface area contributed by atoms with Gasteiger partial charge in [-0.05, 0) is 64.4 Å². The van der Waals surface area contributed by atoms with Crippen molar-refractivity contribution in [3.63, 3.8) is 0 Å². The summed E-state index contributed by atoms with van der Waals surface area (Å²) in [6.45, 7) is 13.5. The summed E-state index contributed by atoms with van der Waals surface area (Å²) in [5.41, 5.74) is 2.31. The minimum absolute atomic E-state index is 0.463. The lowest BCUT2D eigenvalue weighted by Crippen LogP contribution is -2.45. The zero-order valence-electron chi connectivity index (χ0n) is 16.1. The van der Waals surface area contributed by atoms with Gasteiger partial charge in [0.25, 0.3) is 0 Å². The third-order valence-corrected chi connectivity index (χ3v) is 4.85. The molecule has 0 spiro atoms. The van der Waals surface area contributed by atoms with Crippen LogP contribution in [0, 0.1) is 25.7 Å². The predicted molar refractivity (Wildman–Crippen MR) is 101 cm³/mol. The second-order valence-corrected chi connectivity index (χ2v) is 7.54. The molecule has 5 heteroatoms. The molecule has 0 radical (unpaired) electrons. The van der Waals surface area contributed by atoms with Crippen LogP contribution < -0.4 is 10.6 Å². The molecule has 1 atom stereocenters. The number of rotatable bonds is 6. The van der Waals surface area contributed by atoms with Crippen molar-refractivity contribution < 1.29 is 0 Å². The van der Waals surface area contributed by atoms with Gasteiger partial charge in [0.2, 0.25) is 0 Å². The Kier molecular flexibility index (Phi) is 7.13. The van der Waals surface area contributed by atoms with Crippen LogP contribution in [0.5, 0.6) is 0 Å². The highest BCUT2D eigenvalue weighted by Gasteiger charge is 2.19. The molecule has 0 aliphatic heterocycles.